The predicted molar refractivity (Wildman–Crippen MR) is 50.4 cm³/mol. The number of alkyl halides is 3. The van der Waals surface area contributed by atoms with Gasteiger partial charge in [0.25, 0.3) is 0 Å². The number of aliphatic imine (C=N–C) groups is 1. The van der Waals surface area contributed by atoms with Gasteiger partial charge in [-0.15, -0.1) is 0 Å². The summed E-state index contributed by atoms with van der Waals surface area (Å²) in [5.74, 6) is 0. The first kappa shape index (κ1) is 12.4. The number of nitrogens with zero attached hydrogens (tertiary/aromatic N) is 2. The number of rotatable bonds is 2. The van der Waals surface area contributed by atoms with E-state index < -0.39 is 17.4 Å². The van der Waals surface area contributed by atoms with Crippen molar-refractivity contribution in [2.75, 3.05) is 0 Å². The summed E-state index contributed by atoms with van der Waals surface area (Å²) in [5, 5.41) is 0. The molecule has 0 radical (unpaired) electrons. The van der Waals surface area contributed by atoms with E-state index in [1.54, 1.807) is 0 Å². The Kier molecular flexibility index (Phi) is 3.14. The zero-order valence-electron chi connectivity index (χ0n) is 8.67. The van der Waals surface area contributed by atoms with Gasteiger partial charge in [0, 0.05) is 11.8 Å². The number of hydrogen-bond acceptors (Lipinski definition) is 3. The number of hydrogen-bond donors (Lipinski definition) is 0. The molecule has 1 aromatic rings. The van der Waals surface area contributed by atoms with E-state index in [9.17, 15) is 18.0 Å². The molecule has 0 aliphatic carbocycles. The Morgan fingerprint density at radius 2 is 2.00 bits per heavy atom. The SMILES string of the molecule is CC(C)(N=C=O)c1cccnc1C(F)(F)F. The molecule has 86 valence electrons. The second-order valence-corrected chi connectivity index (χ2v) is 3.66. The molecule has 0 bridgehead atoms. The molecule has 0 aliphatic heterocycles. The molecule has 0 amide bonds. The number of isocyanates is 1. The molecule has 0 N–H and O–H groups in total. The Balaban J connectivity index is 3.40. The van der Waals surface area contributed by atoms with Crippen LogP contribution < -0.4 is 0 Å². The minimum absolute atomic E-state index is 0.147. The number of halogens is 3. The minimum Gasteiger partial charge on any atom is -0.251 e. The Hall–Kier alpha value is -1.68. The van der Waals surface area contributed by atoms with Gasteiger partial charge in [0.2, 0.25) is 6.08 Å². The van der Waals surface area contributed by atoms with E-state index in [1.165, 1.54) is 32.1 Å². The van der Waals surface area contributed by atoms with E-state index >= 15 is 0 Å². The highest BCUT2D eigenvalue weighted by Gasteiger charge is 2.39. The fraction of sp³-hybridized carbons (Fsp3) is 0.400. The third-order valence-electron chi connectivity index (χ3n) is 2.06. The first-order valence-corrected chi connectivity index (χ1v) is 4.41. The van der Waals surface area contributed by atoms with E-state index in [-0.39, 0.29) is 5.56 Å². The van der Waals surface area contributed by atoms with Gasteiger partial charge in [-0.1, -0.05) is 6.07 Å². The largest absolute Gasteiger partial charge is 0.433 e. The second-order valence-electron chi connectivity index (χ2n) is 3.66. The lowest BCUT2D eigenvalue weighted by Crippen LogP contribution is -2.22. The average Bonchev–Trinajstić information content (AvgIpc) is 2.16. The molecule has 0 fully saturated rings. The molecule has 6 heteroatoms. The minimum atomic E-state index is -4.56. The van der Waals surface area contributed by atoms with Crippen LogP contribution in [0.4, 0.5) is 13.2 Å². The average molecular weight is 230 g/mol. The highest BCUT2D eigenvalue weighted by Crippen LogP contribution is 2.36. The topological polar surface area (TPSA) is 42.3 Å². The molecule has 0 spiro atoms. The van der Waals surface area contributed by atoms with Crippen LogP contribution in [-0.2, 0) is 16.5 Å². The predicted octanol–water partition coefficient (Wildman–Crippen LogP) is 2.67. The van der Waals surface area contributed by atoms with Crippen molar-refractivity contribution in [1.29, 1.82) is 0 Å². The fourth-order valence-corrected chi connectivity index (χ4v) is 1.30. The van der Waals surface area contributed by atoms with Crippen molar-refractivity contribution >= 4 is 6.08 Å². The number of aromatic nitrogens is 1. The molecular formula is C10H9F3N2O. The Morgan fingerprint density at radius 3 is 2.50 bits per heavy atom. The van der Waals surface area contributed by atoms with Crippen LogP contribution in [0.3, 0.4) is 0 Å². The van der Waals surface area contributed by atoms with Crippen molar-refractivity contribution in [3.8, 4) is 0 Å². The van der Waals surface area contributed by atoms with Gasteiger partial charge in [-0.25, -0.2) is 4.79 Å². The van der Waals surface area contributed by atoms with Gasteiger partial charge in [-0.2, -0.15) is 18.2 Å². The fourth-order valence-electron chi connectivity index (χ4n) is 1.30. The van der Waals surface area contributed by atoms with Crippen LogP contribution in [0.2, 0.25) is 0 Å². The monoisotopic (exact) mass is 230 g/mol. The normalized spacial score (nSPS) is 12.1. The summed E-state index contributed by atoms with van der Waals surface area (Å²) < 4.78 is 37.8. The van der Waals surface area contributed by atoms with Crippen LogP contribution in [0.1, 0.15) is 25.1 Å². The molecular weight excluding hydrogens is 221 g/mol. The molecule has 0 aliphatic rings. The van der Waals surface area contributed by atoms with Gasteiger partial charge >= 0.3 is 6.18 Å². The summed E-state index contributed by atoms with van der Waals surface area (Å²) in [4.78, 5) is 16.8. The summed E-state index contributed by atoms with van der Waals surface area (Å²) in [6, 6.07) is 2.61. The highest BCUT2D eigenvalue weighted by atomic mass is 19.4. The quantitative estimate of drug-likeness (QED) is 0.579. The van der Waals surface area contributed by atoms with Crippen LogP contribution in [0.15, 0.2) is 23.3 Å². The van der Waals surface area contributed by atoms with E-state index in [0.717, 1.165) is 6.20 Å². The smallest absolute Gasteiger partial charge is 0.251 e. The molecule has 0 unspecified atom stereocenters. The lowest BCUT2D eigenvalue weighted by Gasteiger charge is -2.21. The van der Waals surface area contributed by atoms with Crippen LogP contribution >= 0.6 is 0 Å². The Bertz CT molecular complexity index is 434. The standard InChI is InChI=1S/C10H9F3N2O/c1-9(2,15-6-16)7-4-3-5-14-8(7)10(11,12)13/h3-5H,1-2H3. The lowest BCUT2D eigenvalue weighted by atomic mass is 9.93. The van der Waals surface area contributed by atoms with Crippen LogP contribution in [0.5, 0.6) is 0 Å². The van der Waals surface area contributed by atoms with Gasteiger partial charge < -0.3 is 0 Å². The van der Waals surface area contributed by atoms with Crippen molar-refractivity contribution < 1.29 is 18.0 Å². The van der Waals surface area contributed by atoms with Crippen molar-refractivity contribution in [3.05, 3.63) is 29.6 Å². The molecule has 0 aromatic carbocycles. The zero-order valence-corrected chi connectivity index (χ0v) is 8.67. The first-order chi connectivity index (χ1) is 7.29. The third-order valence-corrected chi connectivity index (χ3v) is 2.06. The van der Waals surface area contributed by atoms with Gasteiger partial charge in [0.15, 0.2) is 0 Å². The third kappa shape index (κ3) is 2.46. The maximum Gasteiger partial charge on any atom is 0.433 e. The van der Waals surface area contributed by atoms with Crippen molar-refractivity contribution in [3.63, 3.8) is 0 Å². The van der Waals surface area contributed by atoms with Gasteiger partial charge in [0.1, 0.15) is 5.69 Å². The summed E-state index contributed by atoms with van der Waals surface area (Å²) >= 11 is 0. The van der Waals surface area contributed by atoms with E-state index in [1.807, 2.05) is 0 Å². The Morgan fingerprint density at radius 1 is 1.38 bits per heavy atom. The van der Waals surface area contributed by atoms with Gasteiger partial charge in [-0.3, -0.25) is 4.98 Å². The van der Waals surface area contributed by atoms with Crippen LogP contribution in [0.25, 0.3) is 0 Å². The zero-order chi connectivity index (χ0) is 12.4. The molecule has 3 nitrogen and oxygen atoms in total. The second kappa shape index (κ2) is 4.06. The molecule has 1 heterocycles. The molecule has 0 atom stereocenters. The molecule has 0 saturated carbocycles. The highest BCUT2D eigenvalue weighted by molar-refractivity contribution is 5.39. The van der Waals surface area contributed by atoms with Gasteiger partial charge in [-0.05, 0) is 19.9 Å². The maximum absolute atomic E-state index is 12.6. The first-order valence-electron chi connectivity index (χ1n) is 4.41. The molecule has 1 rings (SSSR count). The lowest BCUT2D eigenvalue weighted by molar-refractivity contribution is -0.142. The van der Waals surface area contributed by atoms with Gasteiger partial charge in [0.05, 0.1) is 5.54 Å². The Labute approximate surface area is 90.0 Å². The number of pyridine rings is 1. The van der Waals surface area contributed by atoms with Crippen LogP contribution in [0, 0.1) is 0 Å². The summed E-state index contributed by atoms with van der Waals surface area (Å²) in [5.41, 5.74) is -2.47. The van der Waals surface area contributed by atoms with E-state index in [4.69, 9.17) is 0 Å². The maximum atomic E-state index is 12.6. The van der Waals surface area contributed by atoms with Crippen molar-refractivity contribution in [2.45, 2.75) is 25.6 Å². The number of carbonyl (C=O) groups excluding carboxylic acids is 1. The molecule has 16 heavy (non-hydrogen) atoms. The molecule has 1 aromatic heterocycles. The summed E-state index contributed by atoms with van der Waals surface area (Å²) in [7, 11) is 0. The van der Waals surface area contributed by atoms with Crippen molar-refractivity contribution in [2.24, 2.45) is 4.99 Å². The molecule has 0 saturated heterocycles. The van der Waals surface area contributed by atoms with E-state index in [2.05, 4.69) is 9.98 Å². The van der Waals surface area contributed by atoms with Crippen molar-refractivity contribution in [1.82, 2.24) is 4.98 Å². The van der Waals surface area contributed by atoms with Crippen LogP contribution in [-0.4, -0.2) is 11.1 Å². The summed E-state index contributed by atoms with van der Waals surface area (Å²) in [6.45, 7) is 2.79. The van der Waals surface area contributed by atoms with E-state index in [0.29, 0.717) is 0 Å². The summed E-state index contributed by atoms with van der Waals surface area (Å²) in [6.07, 6.45) is -2.25.